The topological polar surface area (TPSA) is 60.2 Å². The lowest BCUT2D eigenvalue weighted by Crippen LogP contribution is -2.02. The first-order valence-electron chi connectivity index (χ1n) is 7.13. The molecule has 3 rings (SSSR count). The monoisotopic (exact) mass is 295 g/mol. The van der Waals surface area contributed by atoms with Gasteiger partial charge in [-0.1, -0.05) is 6.07 Å². The SMILES string of the molecule is CCOc1cc(-c2ccco2)cnc1Nc1cccc(C)n1. The van der Waals surface area contributed by atoms with Crippen LogP contribution < -0.4 is 10.1 Å². The second-order valence-corrected chi connectivity index (χ2v) is 4.77. The molecule has 5 nitrogen and oxygen atoms in total. The summed E-state index contributed by atoms with van der Waals surface area (Å²) in [7, 11) is 0. The Morgan fingerprint density at radius 2 is 2.14 bits per heavy atom. The minimum atomic E-state index is 0.555. The van der Waals surface area contributed by atoms with Crippen molar-refractivity contribution in [1.82, 2.24) is 9.97 Å². The van der Waals surface area contributed by atoms with E-state index in [0.717, 1.165) is 22.8 Å². The number of pyridine rings is 2. The molecule has 0 fully saturated rings. The van der Waals surface area contributed by atoms with Crippen LogP contribution in [0.3, 0.4) is 0 Å². The zero-order valence-electron chi connectivity index (χ0n) is 12.5. The van der Waals surface area contributed by atoms with Crippen molar-refractivity contribution in [2.24, 2.45) is 0 Å². The smallest absolute Gasteiger partial charge is 0.174 e. The number of nitrogens with one attached hydrogen (secondary N) is 1. The van der Waals surface area contributed by atoms with Crippen molar-refractivity contribution >= 4 is 11.6 Å². The van der Waals surface area contributed by atoms with E-state index in [1.807, 2.05) is 50.2 Å². The average molecular weight is 295 g/mol. The van der Waals surface area contributed by atoms with Crippen LogP contribution in [-0.4, -0.2) is 16.6 Å². The lowest BCUT2D eigenvalue weighted by atomic mass is 10.2. The Labute approximate surface area is 129 Å². The summed E-state index contributed by atoms with van der Waals surface area (Å²) in [5.74, 6) is 2.79. The maximum atomic E-state index is 5.68. The number of furan rings is 1. The van der Waals surface area contributed by atoms with Gasteiger partial charge in [0.05, 0.1) is 12.9 Å². The molecule has 0 aliphatic heterocycles. The van der Waals surface area contributed by atoms with Crippen LogP contribution in [0.5, 0.6) is 5.75 Å². The highest BCUT2D eigenvalue weighted by molar-refractivity contribution is 5.66. The van der Waals surface area contributed by atoms with E-state index in [1.54, 1.807) is 12.5 Å². The first kappa shape index (κ1) is 14.1. The van der Waals surface area contributed by atoms with Gasteiger partial charge in [0.15, 0.2) is 11.6 Å². The van der Waals surface area contributed by atoms with Crippen molar-refractivity contribution in [3.8, 4) is 17.1 Å². The van der Waals surface area contributed by atoms with Gasteiger partial charge in [0.1, 0.15) is 11.6 Å². The molecule has 5 heteroatoms. The minimum Gasteiger partial charge on any atom is -0.490 e. The van der Waals surface area contributed by atoms with Gasteiger partial charge in [0.2, 0.25) is 0 Å². The lowest BCUT2D eigenvalue weighted by molar-refractivity contribution is 0.341. The van der Waals surface area contributed by atoms with E-state index in [1.165, 1.54) is 0 Å². The van der Waals surface area contributed by atoms with E-state index in [4.69, 9.17) is 9.15 Å². The summed E-state index contributed by atoms with van der Waals surface area (Å²) in [6, 6.07) is 11.4. The summed E-state index contributed by atoms with van der Waals surface area (Å²) < 4.78 is 11.1. The quantitative estimate of drug-likeness (QED) is 0.765. The van der Waals surface area contributed by atoms with E-state index in [9.17, 15) is 0 Å². The molecule has 0 saturated heterocycles. The summed E-state index contributed by atoms with van der Waals surface area (Å²) in [5.41, 5.74) is 1.81. The van der Waals surface area contributed by atoms with Crippen LogP contribution in [-0.2, 0) is 0 Å². The molecule has 0 unspecified atom stereocenters. The second-order valence-electron chi connectivity index (χ2n) is 4.77. The van der Waals surface area contributed by atoms with Gasteiger partial charge in [0, 0.05) is 17.5 Å². The van der Waals surface area contributed by atoms with Gasteiger partial charge in [-0.25, -0.2) is 9.97 Å². The van der Waals surface area contributed by atoms with Crippen molar-refractivity contribution in [1.29, 1.82) is 0 Å². The van der Waals surface area contributed by atoms with Crippen LogP contribution in [0.15, 0.2) is 53.3 Å². The molecule has 3 heterocycles. The predicted octanol–water partition coefficient (Wildman–Crippen LogP) is 4.19. The highest BCUT2D eigenvalue weighted by Gasteiger charge is 2.10. The van der Waals surface area contributed by atoms with E-state index in [0.29, 0.717) is 18.2 Å². The fourth-order valence-electron chi connectivity index (χ4n) is 2.12. The van der Waals surface area contributed by atoms with E-state index in [-0.39, 0.29) is 0 Å². The molecule has 0 bridgehead atoms. The summed E-state index contributed by atoms with van der Waals surface area (Å²) in [5, 5.41) is 3.19. The Balaban J connectivity index is 1.93. The molecule has 0 atom stereocenters. The molecule has 22 heavy (non-hydrogen) atoms. The second kappa shape index (κ2) is 6.30. The number of aryl methyl sites for hydroxylation is 1. The fraction of sp³-hybridized carbons (Fsp3) is 0.176. The van der Waals surface area contributed by atoms with Crippen molar-refractivity contribution in [2.45, 2.75) is 13.8 Å². The highest BCUT2D eigenvalue weighted by atomic mass is 16.5. The van der Waals surface area contributed by atoms with Crippen molar-refractivity contribution < 1.29 is 9.15 Å². The van der Waals surface area contributed by atoms with Gasteiger partial charge in [-0.3, -0.25) is 0 Å². The Bertz CT molecular complexity index is 754. The lowest BCUT2D eigenvalue weighted by Gasteiger charge is -2.12. The Kier molecular flexibility index (Phi) is 4.05. The standard InChI is InChI=1S/C17H17N3O2/c1-3-21-15-10-13(14-7-5-9-22-14)11-18-17(15)20-16-8-4-6-12(2)19-16/h4-11H,3H2,1-2H3,(H,18,19,20). The molecule has 0 saturated carbocycles. The maximum Gasteiger partial charge on any atom is 0.174 e. The zero-order chi connectivity index (χ0) is 15.4. The summed E-state index contributed by atoms with van der Waals surface area (Å²) in [6.07, 6.45) is 3.39. The molecule has 3 aromatic heterocycles. The molecule has 0 aliphatic rings. The van der Waals surface area contributed by atoms with Crippen LogP contribution in [0.4, 0.5) is 11.6 Å². The van der Waals surface area contributed by atoms with Crippen LogP contribution in [0.1, 0.15) is 12.6 Å². The number of hydrogen-bond acceptors (Lipinski definition) is 5. The Morgan fingerprint density at radius 1 is 1.23 bits per heavy atom. The van der Waals surface area contributed by atoms with Crippen molar-refractivity contribution in [2.75, 3.05) is 11.9 Å². The van der Waals surface area contributed by atoms with Crippen molar-refractivity contribution in [3.63, 3.8) is 0 Å². The first-order chi connectivity index (χ1) is 10.8. The zero-order valence-corrected chi connectivity index (χ0v) is 12.5. The largest absolute Gasteiger partial charge is 0.490 e. The van der Waals surface area contributed by atoms with Gasteiger partial charge >= 0.3 is 0 Å². The number of hydrogen-bond donors (Lipinski definition) is 1. The van der Waals surface area contributed by atoms with Gasteiger partial charge in [-0.2, -0.15) is 0 Å². The Morgan fingerprint density at radius 3 is 2.86 bits per heavy atom. The van der Waals surface area contributed by atoms with Crippen LogP contribution in [0.25, 0.3) is 11.3 Å². The molecule has 0 radical (unpaired) electrons. The van der Waals surface area contributed by atoms with Gasteiger partial charge in [-0.05, 0) is 44.2 Å². The molecule has 1 N–H and O–H groups in total. The van der Waals surface area contributed by atoms with Crippen LogP contribution >= 0.6 is 0 Å². The van der Waals surface area contributed by atoms with E-state index in [2.05, 4.69) is 15.3 Å². The third-order valence-corrected chi connectivity index (χ3v) is 3.09. The Hall–Kier alpha value is -2.82. The number of aromatic nitrogens is 2. The molecular weight excluding hydrogens is 278 g/mol. The number of anilines is 2. The van der Waals surface area contributed by atoms with Crippen LogP contribution in [0, 0.1) is 6.92 Å². The predicted molar refractivity (Wildman–Crippen MR) is 85.4 cm³/mol. The number of ether oxygens (including phenoxy) is 1. The highest BCUT2D eigenvalue weighted by Crippen LogP contribution is 2.30. The first-order valence-corrected chi connectivity index (χ1v) is 7.13. The number of rotatable bonds is 5. The molecule has 0 spiro atoms. The van der Waals surface area contributed by atoms with Crippen molar-refractivity contribution in [3.05, 3.63) is 54.6 Å². The van der Waals surface area contributed by atoms with E-state index < -0.39 is 0 Å². The molecular formula is C17H17N3O2. The molecule has 112 valence electrons. The third kappa shape index (κ3) is 3.09. The number of nitrogens with zero attached hydrogens (tertiary/aromatic N) is 2. The van der Waals surface area contributed by atoms with Gasteiger partial charge < -0.3 is 14.5 Å². The van der Waals surface area contributed by atoms with Gasteiger partial charge in [0.25, 0.3) is 0 Å². The minimum absolute atomic E-state index is 0.555. The fourth-order valence-corrected chi connectivity index (χ4v) is 2.12. The molecule has 0 aromatic carbocycles. The molecule has 0 aliphatic carbocycles. The molecule has 0 amide bonds. The summed E-state index contributed by atoms with van der Waals surface area (Å²) in [6.45, 7) is 4.44. The van der Waals surface area contributed by atoms with Crippen LogP contribution in [0.2, 0.25) is 0 Å². The maximum absolute atomic E-state index is 5.68. The van der Waals surface area contributed by atoms with E-state index >= 15 is 0 Å². The average Bonchev–Trinajstić information content (AvgIpc) is 3.04. The van der Waals surface area contributed by atoms with Gasteiger partial charge in [-0.15, -0.1) is 0 Å². The molecule has 3 aromatic rings. The summed E-state index contributed by atoms with van der Waals surface area (Å²) in [4.78, 5) is 8.86. The summed E-state index contributed by atoms with van der Waals surface area (Å²) >= 11 is 0. The normalized spacial score (nSPS) is 10.5. The third-order valence-electron chi connectivity index (χ3n) is 3.09.